The van der Waals surface area contributed by atoms with Crippen molar-refractivity contribution in [3.8, 4) is 28.1 Å². The molecule has 5 nitrogen and oxygen atoms in total. The summed E-state index contributed by atoms with van der Waals surface area (Å²) in [7, 11) is 0. The van der Waals surface area contributed by atoms with Crippen molar-refractivity contribution >= 4 is 72.6 Å². The summed E-state index contributed by atoms with van der Waals surface area (Å²) in [5.74, 6) is 0. The van der Waals surface area contributed by atoms with Gasteiger partial charge in [-0.3, -0.25) is 4.99 Å². The van der Waals surface area contributed by atoms with Crippen LogP contribution in [0.25, 0.3) is 77.4 Å². The van der Waals surface area contributed by atoms with Crippen LogP contribution < -0.4 is 10.6 Å². The average molecular weight is 809 g/mol. The molecule has 1 atom stereocenters. The number of nitrogens with zero attached hydrogens (tertiary/aromatic N) is 3. The van der Waals surface area contributed by atoms with Crippen LogP contribution in [0.2, 0.25) is 0 Å². The number of hydrogen-bond donors (Lipinski definition) is 1. The first-order valence-corrected chi connectivity index (χ1v) is 21.4. The van der Waals surface area contributed by atoms with Gasteiger partial charge in [0.15, 0.2) is 0 Å². The number of aliphatic imine (C=N–C) groups is 1. The van der Waals surface area contributed by atoms with Crippen molar-refractivity contribution in [1.29, 1.82) is 0 Å². The monoisotopic (exact) mass is 808 g/mol. The highest BCUT2D eigenvalue weighted by atomic mass is 16.3. The van der Waals surface area contributed by atoms with Gasteiger partial charge in [-0.1, -0.05) is 158 Å². The lowest BCUT2D eigenvalue weighted by molar-refractivity contribution is 0.668. The number of hydrogen-bond acceptors (Lipinski definition) is 4. The molecule has 0 fully saturated rings. The van der Waals surface area contributed by atoms with Gasteiger partial charge in [-0.2, -0.15) is 0 Å². The van der Waals surface area contributed by atoms with Crippen LogP contribution in [0.15, 0.2) is 228 Å². The molecule has 12 rings (SSSR count). The minimum Gasteiger partial charge on any atom is -0.456 e. The third-order valence-electron chi connectivity index (χ3n) is 12.4. The Bertz CT molecular complexity index is 3600. The third kappa shape index (κ3) is 6.09. The molecule has 9 aromatic carbocycles. The fraction of sp³-hybridized carbons (Fsp3) is 0.0172. The summed E-state index contributed by atoms with van der Waals surface area (Å²) in [6.07, 6.45) is 4.04. The fourth-order valence-electron chi connectivity index (χ4n) is 9.56. The maximum Gasteiger partial charge on any atom is 0.135 e. The number of fused-ring (bicyclic) bond motifs is 11. The molecule has 3 heterocycles. The van der Waals surface area contributed by atoms with E-state index in [1.165, 1.54) is 27.7 Å². The maximum atomic E-state index is 7.00. The minimum atomic E-state index is -0.405. The molecule has 2 N–H and O–H groups in total. The Morgan fingerprint density at radius 2 is 1.13 bits per heavy atom. The number of furan rings is 1. The molecular formula is C58H40N4O. The average Bonchev–Trinajstić information content (AvgIpc) is 3.86. The van der Waals surface area contributed by atoms with Crippen molar-refractivity contribution in [3.63, 3.8) is 0 Å². The summed E-state index contributed by atoms with van der Waals surface area (Å²) in [5.41, 5.74) is 22.9. The van der Waals surface area contributed by atoms with Gasteiger partial charge in [0.25, 0.3) is 0 Å². The molecule has 0 saturated heterocycles. The van der Waals surface area contributed by atoms with E-state index in [-0.39, 0.29) is 0 Å². The highest BCUT2D eigenvalue weighted by molar-refractivity contribution is 6.15. The smallest absolute Gasteiger partial charge is 0.135 e. The first-order chi connectivity index (χ1) is 31.2. The number of aromatic nitrogens is 1. The van der Waals surface area contributed by atoms with Crippen molar-refractivity contribution in [2.24, 2.45) is 10.7 Å². The lowest BCUT2D eigenvalue weighted by Gasteiger charge is -2.29. The summed E-state index contributed by atoms with van der Waals surface area (Å²) in [4.78, 5) is 7.67. The van der Waals surface area contributed by atoms with E-state index in [9.17, 15) is 0 Å². The zero-order chi connectivity index (χ0) is 41.9. The Kier molecular flexibility index (Phi) is 8.73. The van der Waals surface area contributed by atoms with Crippen LogP contribution in [0, 0.1) is 0 Å². The van der Waals surface area contributed by atoms with Crippen LogP contribution in [0.3, 0.4) is 0 Å². The van der Waals surface area contributed by atoms with Gasteiger partial charge in [0, 0.05) is 55.7 Å². The van der Waals surface area contributed by atoms with Crippen LogP contribution in [-0.2, 0) is 0 Å². The molecule has 0 saturated carbocycles. The molecule has 11 aromatic rings. The molecule has 2 aromatic heterocycles. The molecule has 0 aliphatic carbocycles. The molecule has 1 aliphatic heterocycles. The zero-order valence-corrected chi connectivity index (χ0v) is 34.3. The Balaban J connectivity index is 0.999. The first kappa shape index (κ1) is 36.6. The lowest BCUT2D eigenvalue weighted by atomic mass is 9.98. The van der Waals surface area contributed by atoms with E-state index >= 15 is 0 Å². The number of benzene rings is 9. The highest BCUT2D eigenvalue weighted by Crippen LogP contribution is 2.55. The maximum absolute atomic E-state index is 7.00. The van der Waals surface area contributed by atoms with E-state index in [4.69, 9.17) is 15.1 Å². The van der Waals surface area contributed by atoms with Gasteiger partial charge in [0.2, 0.25) is 0 Å². The van der Waals surface area contributed by atoms with Crippen LogP contribution in [0.5, 0.6) is 0 Å². The lowest BCUT2D eigenvalue weighted by Crippen LogP contribution is -2.12. The predicted octanol–water partition coefficient (Wildman–Crippen LogP) is 15.0. The summed E-state index contributed by atoms with van der Waals surface area (Å²) in [5, 5.41) is 5.57. The fourth-order valence-corrected chi connectivity index (χ4v) is 9.56. The van der Waals surface area contributed by atoms with Gasteiger partial charge in [-0.15, -0.1) is 0 Å². The van der Waals surface area contributed by atoms with E-state index in [2.05, 4.69) is 179 Å². The molecule has 0 bridgehead atoms. The number of anilines is 3. The SMILES string of the molecule is NC(/C=C(\N=C\c1cccc2c(N3c4ccccc4-c4c(n(-c5ccccc5)c5ccccc45)-c4ccccc43)cccc12)c1ccccc1)c1ccc2oc3ccccc3c2c1. The van der Waals surface area contributed by atoms with Gasteiger partial charge < -0.3 is 19.6 Å². The quantitative estimate of drug-likeness (QED) is 0.163. The van der Waals surface area contributed by atoms with Crippen molar-refractivity contribution in [3.05, 3.63) is 235 Å². The Hall–Kier alpha value is -8.25. The van der Waals surface area contributed by atoms with Gasteiger partial charge in [-0.05, 0) is 77.2 Å². The van der Waals surface area contributed by atoms with Crippen LogP contribution >= 0.6 is 0 Å². The summed E-state index contributed by atoms with van der Waals surface area (Å²) in [6.45, 7) is 0. The van der Waals surface area contributed by atoms with E-state index in [0.717, 1.165) is 83.4 Å². The Labute approximate surface area is 364 Å². The number of nitrogens with two attached hydrogens (primary N) is 1. The van der Waals surface area contributed by atoms with E-state index < -0.39 is 6.04 Å². The molecule has 5 heteroatoms. The standard InChI is InChI=1S/C58H40N4O/c59-49(39-33-34-56-48(35-39)44-22-10-14-32-55(44)63-56)36-50(38-17-3-1-4-18-38)60-37-40-19-15-27-43-42(40)26-16-31-51(43)62-53-29-12-8-24-46(53)57-45-23-7-11-28-52(45)61(41-20-5-2-6-21-41)58(57)47-25-9-13-30-54(47)62/h1-37,49H,59H2/b50-36-,60-37+. The molecule has 0 spiro atoms. The Morgan fingerprint density at radius 3 is 1.97 bits per heavy atom. The van der Waals surface area contributed by atoms with E-state index in [0.29, 0.717) is 0 Å². The molecule has 298 valence electrons. The first-order valence-electron chi connectivity index (χ1n) is 21.4. The summed E-state index contributed by atoms with van der Waals surface area (Å²) < 4.78 is 8.55. The van der Waals surface area contributed by atoms with Crippen LogP contribution in [0.4, 0.5) is 17.1 Å². The van der Waals surface area contributed by atoms with Gasteiger partial charge >= 0.3 is 0 Å². The second-order valence-electron chi connectivity index (χ2n) is 16.1. The van der Waals surface area contributed by atoms with E-state index in [1.54, 1.807) is 0 Å². The molecule has 63 heavy (non-hydrogen) atoms. The van der Waals surface area contributed by atoms with E-state index in [1.807, 2.05) is 54.7 Å². The summed E-state index contributed by atoms with van der Waals surface area (Å²) >= 11 is 0. The molecule has 0 radical (unpaired) electrons. The minimum absolute atomic E-state index is 0.405. The van der Waals surface area contributed by atoms with Gasteiger partial charge in [-0.25, -0.2) is 0 Å². The Morgan fingerprint density at radius 1 is 0.508 bits per heavy atom. The van der Waals surface area contributed by atoms with Gasteiger partial charge in [0.1, 0.15) is 11.2 Å². The molecule has 0 amide bonds. The topological polar surface area (TPSA) is 59.7 Å². The predicted molar refractivity (Wildman–Crippen MR) is 263 cm³/mol. The second-order valence-corrected chi connectivity index (χ2v) is 16.1. The molecule has 1 aliphatic rings. The van der Waals surface area contributed by atoms with Crippen molar-refractivity contribution in [2.75, 3.05) is 4.90 Å². The third-order valence-corrected chi connectivity index (χ3v) is 12.4. The van der Waals surface area contributed by atoms with Gasteiger partial charge in [0.05, 0.1) is 40.0 Å². The van der Waals surface area contributed by atoms with Crippen molar-refractivity contribution in [1.82, 2.24) is 4.57 Å². The zero-order valence-electron chi connectivity index (χ0n) is 34.3. The normalized spacial score (nSPS) is 13.1. The largest absolute Gasteiger partial charge is 0.456 e. The summed E-state index contributed by atoms with van der Waals surface area (Å²) in [6, 6.07) is 74.5. The van der Waals surface area contributed by atoms with Crippen LogP contribution in [-0.4, -0.2) is 10.8 Å². The molecule has 1 unspecified atom stereocenters. The second kappa shape index (κ2) is 15.0. The van der Waals surface area contributed by atoms with Crippen molar-refractivity contribution in [2.45, 2.75) is 6.04 Å². The van der Waals surface area contributed by atoms with Crippen LogP contribution in [0.1, 0.15) is 22.7 Å². The number of para-hydroxylation sites is 5. The van der Waals surface area contributed by atoms with Crippen molar-refractivity contribution < 1.29 is 4.42 Å². The number of rotatable bonds is 7. The highest BCUT2D eigenvalue weighted by Gasteiger charge is 2.31. The molecular weight excluding hydrogens is 769 g/mol.